The minimum atomic E-state index is 0.217. The van der Waals surface area contributed by atoms with E-state index in [1.807, 2.05) is 18.2 Å². The highest BCUT2D eigenvalue weighted by Crippen LogP contribution is 2.51. The van der Waals surface area contributed by atoms with Crippen molar-refractivity contribution in [3.05, 3.63) is 34.9 Å². The predicted octanol–water partition coefficient (Wildman–Crippen LogP) is 1.75. The first-order chi connectivity index (χ1) is 12.1. The van der Waals surface area contributed by atoms with Crippen molar-refractivity contribution in [3.63, 3.8) is 0 Å². The average molecular weight is 342 g/mol. The molecule has 0 saturated carbocycles. The molecule has 5 nitrogen and oxygen atoms in total. The van der Waals surface area contributed by atoms with Crippen LogP contribution in [0, 0.1) is 0 Å². The van der Waals surface area contributed by atoms with Gasteiger partial charge in [0.15, 0.2) is 23.0 Å². The summed E-state index contributed by atoms with van der Waals surface area (Å²) < 4.78 is 16.4. The minimum Gasteiger partial charge on any atom is -0.504 e. The molecule has 0 radical (unpaired) electrons. The summed E-state index contributed by atoms with van der Waals surface area (Å²) >= 11 is 0. The predicted molar refractivity (Wildman–Crippen MR) is 95.1 cm³/mol. The molecular weight excluding hydrogens is 318 g/mol. The molecule has 0 aromatic heterocycles. The molecule has 2 atom stereocenters. The molecule has 1 aliphatic carbocycles. The van der Waals surface area contributed by atoms with E-state index in [1.54, 1.807) is 21.3 Å². The zero-order chi connectivity index (χ0) is 17.7. The van der Waals surface area contributed by atoms with Crippen LogP contribution in [0.15, 0.2) is 18.2 Å². The van der Waals surface area contributed by atoms with Crippen molar-refractivity contribution < 1.29 is 24.2 Å². The number of likely N-dealkylation sites (N-methyl/N-ethyl adjacent to an activating group) is 1. The number of fused-ring (bicyclic) bond motifs is 2. The lowest BCUT2D eigenvalue weighted by Gasteiger charge is -2.37. The number of ether oxygens (including phenoxy) is 3. The number of methoxy groups -OCH3 is 3. The van der Waals surface area contributed by atoms with Crippen molar-refractivity contribution in [3.8, 4) is 34.1 Å². The Morgan fingerprint density at radius 2 is 1.60 bits per heavy atom. The third kappa shape index (κ3) is 2.26. The van der Waals surface area contributed by atoms with Crippen molar-refractivity contribution in [2.45, 2.75) is 18.9 Å². The third-order valence-corrected chi connectivity index (χ3v) is 5.65. The monoisotopic (exact) mass is 342 g/mol. The summed E-state index contributed by atoms with van der Waals surface area (Å²) in [4.78, 5) is 1.47. The summed E-state index contributed by atoms with van der Waals surface area (Å²) in [5, 5.41) is 10.9. The first-order valence-electron chi connectivity index (χ1n) is 8.59. The molecule has 25 heavy (non-hydrogen) atoms. The number of rotatable bonds is 3. The van der Waals surface area contributed by atoms with E-state index in [1.165, 1.54) is 21.6 Å². The summed E-state index contributed by atoms with van der Waals surface area (Å²) in [6.45, 7) is 1.08. The number of quaternary nitrogens is 1. The van der Waals surface area contributed by atoms with Gasteiger partial charge < -0.3 is 24.2 Å². The Morgan fingerprint density at radius 3 is 2.28 bits per heavy atom. The fourth-order valence-electron chi connectivity index (χ4n) is 4.32. The molecule has 2 N–H and O–H groups in total. The molecule has 2 aromatic carbocycles. The Bertz CT molecular complexity index is 846. The highest BCUT2D eigenvalue weighted by molar-refractivity contribution is 5.84. The van der Waals surface area contributed by atoms with E-state index in [0.29, 0.717) is 17.5 Å². The zero-order valence-corrected chi connectivity index (χ0v) is 15.1. The van der Waals surface area contributed by atoms with Gasteiger partial charge in [0, 0.05) is 24.0 Å². The van der Waals surface area contributed by atoms with Crippen LogP contribution in [0.1, 0.15) is 22.7 Å². The lowest BCUT2D eigenvalue weighted by molar-refractivity contribution is -0.914. The van der Waals surface area contributed by atoms with Crippen LogP contribution in [0.5, 0.6) is 23.0 Å². The van der Waals surface area contributed by atoms with E-state index in [4.69, 9.17) is 14.2 Å². The molecule has 4 rings (SSSR count). The topological polar surface area (TPSA) is 52.4 Å². The average Bonchev–Trinajstić information content (AvgIpc) is 2.64. The van der Waals surface area contributed by atoms with Gasteiger partial charge in [0.2, 0.25) is 0 Å². The molecule has 1 heterocycles. The van der Waals surface area contributed by atoms with Gasteiger partial charge in [-0.3, -0.25) is 0 Å². The molecular formula is C20H24NO4+. The summed E-state index contributed by atoms with van der Waals surface area (Å²) in [6, 6.07) is 6.35. The van der Waals surface area contributed by atoms with Crippen LogP contribution in [0.4, 0.5) is 0 Å². The smallest absolute Gasteiger partial charge is 0.166 e. The molecule has 0 fully saturated rings. The second kappa shape index (κ2) is 5.85. The quantitative estimate of drug-likeness (QED) is 0.892. The third-order valence-electron chi connectivity index (χ3n) is 5.65. The highest BCUT2D eigenvalue weighted by Gasteiger charge is 2.39. The second-order valence-corrected chi connectivity index (χ2v) is 6.84. The standard InChI is InChI=1S/C20H23NO4/c1-21-6-5-11-8-17(25-4)20(22)19-13-10-16(24-3)15(23-2)9-12(13)7-14(21)18(11)19/h8-10,14,22H,5-7H2,1-4H3/p+1/t14-/m0/s1. The zero-order valence-electron chi connectivity index (χ0n) is 15.1. The van der Waals surface area contributed by atoms with Crippen LogP contribution >= 0.6 is 0 Å². The Morgan fingerprint density at radius 1 is 0.960 bits per heavy atom. The maximum Gasteiger partial charge on any atom is 0.166 e. The number of phenols is 1. The van der Waals surface area contributed by atoms with Crippen molar-refractivity contribution in [1.29, 1.82) is 0 Å². The van der Waals surface area contributed by atoms with Gasteiger partial charge in [-0.25, -0.2) is 0 Å². The Labute approximate surface area is 147 Å². The highest BCUT2D eigenvalue weighted by atomic mass is 16.5. The van der Waals surface area contributed by atoms with Gasteiger partial charge in [0.1, 0.15) is 6.04 Å². The molecule has 0 spiro atoms. The normalized spacial score (nSPS) is 20.5. The molecule has 0 bridgehead atoms. The molecule has 0 saturated heterocycles. The van der Waals surface area contributed by atoms with Crippen LogP contribution in [0.25, 0.3) is 11.1 Å². The number of aromatic hydroxyl groups is 1. The Balaban J connectivity index is 2.05. The van der Waals surface area contributed by atoms with Crippen LogP contribution in [-0.2, 0) is 12.8 Å². The van der Waals surface area contributed by atoms with E-state index >= 15 is 0 Å². The number of benzene rings is 2. The van der Waals surface area contributed by atoms with E-state index < -0.39 is 0 Å². The Hall–Kier alpha value is -2.40. The maximum atomic E-state index is 10.9. The fraction of sp³-hybridized carbons (Fsp3) is 0.400. The van der Waals surface area contributed by atoms with E-state index in [-0.39, 0.29) is 5.75 Å². The summed E-state index contributed by atoms with van der Waals surface area (Å²) in [7, 11) is 7.11. The second-order valence-electron chi connectivity index (χ2n) is 6.84. The van der Waals surface area contributed by atoms with Gasteiger partial charge in [-0.1, -0.05) is 0 Å². The van der Waals surface area contributed by atoms with Gasteiger partial charge in [-0.2, -0.15) is 0 Å². The molecule has 5 heteroatoms. The molecule has 132 valence electrons. The van der Waals surface area contributed by atoms with E-state index in [0.717, 1.165) is 36.3 Å². The maximum absolute atomic E-state index is 10.9. The van der Waals surface area contributed by atoms with Crippen molar-refractivity contribution >= 4 is 0 Å². The molecule has 2 aliphatic rings. The van der Waals surface area contributed by atoms with Crippen molar-refractivity contribution in [1.82, 2.24) is 0 Å². The van der Waals surface area contributed by atoms with Gasteiger partial charge in [0.25, 0.3) is 0 Å². The Kier molecular flexibility index (Phi) is 3.76. The first kappa shape index (κ1) is 16.1. The molecule has 1 unspecified atom stereocenters. The first-order valence-corrected chi connectivity index (χ1v) is 8.59. The van der Waals surface area contributed by atoms with Gasteiger partial charge in [-0.05, 0) is 34.9 Å². The lowest BCUT2D eigenvalue weighted by Crippen LogP contribution is -3.10. The lowest BCUT2D eigenvalue weighted by atomic mass is 9.76. The largest absolute Gasteiger partial charge is 0.504 e. The SMILES string of the molecule is COc1cc2c(cc1OC)-c1c(O)c(OC)cc3c1[C@H](C2)[NH+](C)CC3. The van der Waals surface area contributed by atoms with Crippen LogP contribution in [0.2, 0.25) is 0 Å². The van der Waals surface area contributed by atoms with Crippen molar-refractivity contribution in [2.24, 2.45) is 0 Å². The van der Waals surface area contributed by atoms with Crippen LogP contribution in [-0.4, -0.2) is 40.0 Å². The van der Waals surface area contributed by atoms with Crippen molar-refractivity contribution in [2.75, 3.05) is 34.9 Å². The molecule has 1 aliphatic heterocycles. The number of hydrogen-bond acceptors (Lipinski definition) is 4. The molecule has 0 amide bonds. The minimum absolute atomic E-state index is 0.217. The van der Waals surface area contributed by atoms with Gasteiger partial charge in [0.05, 0.1) is 34.9 Å². The van der Waals surface area contributed by atoms with E-state index in [2.05, 4.69) is 7.05 Å². The van der Waals surface area contributed by atoms with E-state index in [9.17, 15) is 5.11 Å². The van der Waals surface area contributed by atoms with Gasteiger partial charge >= 0.3 is 0 Å². The number of nitrogens with one attached hydrogen (secondary N) is 1. The van der Waals surface area contributed by atoms with Crippen LogP contribution in [0.3, 0.4) is 0 Å². The summed E-state index contributed by atoms with van der Waals surface area (Å²) in [5.74, 6) is 2.15. The fourth-order valence-corrected chi connectivity index (χ4v) is 4.32. The summed E-state index contributed by atoms with van der Waals surface area (Å²) in [5.41, 5.74) is 5.60. The van der Waals surface area contributed by atoms with Gasteiger partial charge in [-0.15, -0.1) is 0 Å². The number of phenolic OH excluding ortho intramolecular Hbond substituents is 1. The molecule has 2 aromatic rings. The van der Waals surface area contributed by atoms with Crippen LogP contribution < -0.4 is 19.1 Å². The summed E-state index contributed by atoms with van der Waals surface area (Å²) in [6.07, 6.45) is 1.91. The number of hydrogen-bond donors (Lipinski definition) is 2.